The van der Waals surface area contributed by atoms with Gasteiger partial charge in [0.25, 0.3) is 5.91 Å². The van der Waals surface area contributed by atoms with Crippen LogP contribution in [0.4, 0.5) is 11.4 Å². The highest BCUT2D eigenvalue weighted by Gasteiger charge is 2.26. The molecule has 11 heteroatoms. The van der Waals surface area contributed by atoms with Crippen LogP contribution in [0.25, 0.3) is 0 Å². The minimum atomic E-state index is -0.452. The fraction of sp³-hybridized carbons (Fsp3) is 0.170. The topological polar surface area (TPSA) is 120 Å². The third kappa shape index (κ3) is 10.2. The van der Waals surface area contributed by atoms with Crippen LogP contribution in [-0.2, 0) is 48.7 Å². The van der Waals surface area contributed by atoms with Crippen molar-refractivity contribution < 1.29 is 29.1 Å². The zero-order chi connectivity index (χ0) is 40.9. The first-order valence-corrected chi connectivity index (χ1v) is 19.5. The molecule has 3 aliphatic heterocycles. The predicted octanol–water partition coefficient (Wildman–Crippen LogP) is 8.84. The number of nitrogens with zero attached hydrogens (tertiary/aromatic N) is 2. The number of esters is 2. The lowest BCUT2D eigenvalue weighted by molar-refractivity contribution is 0.0590. The summed E-state index contributed by atoms with van der Waals surface area (Å²) in [5.41, 5.74) is 12.6. The summed E-state index contributed by atoms with van der Waals surface area (Å²) < 4.78 is 10.7. The summed E-state index contributed by atoms with van der Waals surface area (Å²) in [6.07, 6.45) is 0. The van der Waals surface area contributed by atoms with Gasteiger partial charge in [-0.05, 0) is 88.0 Å². The lowest BCUT2D eigenvalue weighted by Crippen LogP contribution is -2.21. The summed E-state index contributed by atoms with van der Waals surface area (Å²) in [7, 11) is 2.83. The third-order valence-corrected chi connectivity index (χ3v) is 10.5. The zero-order valence-electron chi connectivity index (χ0n) is 32.4. The number of ether oxygens (including phenoxy) is 2. The number of hydroxylamine groups is 1. The van der Waals surface area contributed by atoms with Gasteiger partial charge in [-0.15, -0.1) is 0 Å². The standard InChI is InChI=1S/C16H15NO2.C15H14N2O2.C10H11NO2.C6H5Br/c1-19-16(18)14-9-5-6-12-10-17(11-15(12)14)13-7-3-2-4-8-13;18-15(16-19)13-8-4-5-11-9-17(10-14(11)13)12-6-2-1-3-7-12;1-13-10(12)8-4-2-3-7-5-11-6-9(7)8;7-6-4-2-1-3-5-6/h2-9H,10-11H2,1H3;1-8,19H,9-10H2,(H,16,18);2-4,11H,5-6H2,1H3;1-5H. The first kappa shape index (κ1) is 41.4. The van der Waals surface area contributed by atoms with E-state index in [2.05, 4.69) is 61.4 Å². The number of rotatable bonds is 5. The Hall–Kier alpha value is -6.27. The van der Waals surface area contributed by atoms with Gasteiger partial charge in [0.05, 0.1) is 25.3 Å². The van der Waals surface area contributed by atoms with Crippen molar-refractivity contribution in [1.29, 1.82) is 0 Å². The largest absolute Gasteiger partial charge is 0.465 e. The Morgan fingerprint density at radius 1 is 0.534 bits per heavy atom. The molecule has 3 heterocycles. The van der Waals surface area contributed by atoms with Gasteiger partial charge in [-0.3, -0.25) is 10.0 Å². The van der Waals surface area contributed by atoms with Crippen LogP contribution in [0.2, 0.25) is 0 Å². The molecule has 0 bridgehead atoms. The van der Waals surface area contributed by atoms with Crippen LogP contribution in [0.15, 0.2) is 150 Å². The Balaban J connectivity index is 0.000000137. The molecule has 0 aliphatic carbocycles. The summed E-state index contributed by atoms with van der Waals surface area (Å²) in [5.74, 6) is -0.959. The number of nitrogens with one attached hydrogen (secondary N) is 2. The normalized spacial score (nSPS) is 12.8. The molecule has 0 fully saturated rings. The van der Waals surface area contributed by atoms with Gasteiger partial charge in [0.1, 0.15) is 0 Å². The van der Waals surface area contributed by atoms with Crippen LogP contribution in [0, 0.1) is 0 Å². The lowest BCUT2D eigenvalue weighted by atomic mass is 10.0. The van der Waals surface area contributed by atoms with Crippen molar-refractivity contribution in [3.63, 3.8) is 0 Å². The Kier molecular flexibility index (Phi) is 14.4. The van der Waals surface area contributed by atoms with E-state index in [1.165, 1.54) is 31.0 Å². The van der Waals surface area contributed by atoms with Crippen LogP contribution in [0.3, 0.4) is 0 Å². The molecular weight excluding hydrogens is 796 g/mol. The molecule has 0 aromatic heterocycles. The molecule has 1 amide bonds. The molecule has 6 aromatic carbocycles. The van der Waals surface area contributed by atoms with Crippen molar-refractivity contribution in [2.24, 2.45) is 0 Å². The van der Waals surface area contributed by atoms with Crippen LogP contribution in [0.5, 0.6) is 0 Å². The fourth-order valence-corrected chi connectivity index (χ4v) is 7.41. The number of methoxy groups -OCH3 is 2. The Labute approximate surface area is 347 Å². The van der Waals surface area contributed by atoms with Crippen LogP contribution >= 0.6 is 15.9 Å². The Morgan fingerprint density at radius 2 is 0.966 bits per heavy atom. The van der Waals surface area contributed by atoms with E-state index in [0.29, 0.717) is 23.2 Å². The van der Waals surface area contributed by atoms with Gasteiger partial charge in [-0.2, -0.15) is 0 Å². The average molecular weight is 842 g/mol. The van der Waals surface area contributed by atoms with Gasteiger partial charge in [0.2, 0.25) is 0 Å². The number of fused-ring (bicyclic) bond motifs is 3. The number of hydrogen-bond acceptors (Lipinski definition) is 9. The molecule has 10 nitrogen and oxygen atoms in total. The molecule has 3 N–H and O–H groups in total. The van der Waals surface area contributed by atoms with Crippen LogP contribution < -0.4 is 20.6 Å². The van der Waals surface area contributed by atoms with Gasteiger partial charge < -0.3 is 24.6 Å². The lowest BCUT2D eigenvalue weighted by Gasteiger charge is -2.17. The van der Waals surface area contributed by atoms with Crippen LogP contribution in [0.1, 0.15) is 64.5 Å². The summed E-state index contributed by atoms with van der Waals surface area (Å²) >= 11 is 3.31. The summed E-state index contributed by atoms with van der Waals surface area (Å²) in [4.78, 5) is 39.2. The SMILES string of the molecule is Brc1ccccc1.COC(=O)c1cccc2c1CN(c1ccccc1)C2.COC(=O)c1cccc2c1CNC2.O=C(NO)c1cccc2c1CN(c1ccccc1)C2. The molecule has 0 atom stereocenters. The molecule has 0 radical (unpaired) electrons. The number of amides is 1. The maximum absolute atomic E-state index is 11.8. The molecule has 296 valence electrons. The second kappa shape index (κ2) is 20.2. The van der Waals surface area contributed by atoms with Crippen LogP contribution in [-0.4, -0.2) is 37.3 Å². The minimum absolute atomic E-state index is 0.249. The van der Waals surface area contributed by atoms with E-state index in [9.17, 15) is 14.4 Å². The van der Waals surface area contributed by atoms with E-state index in [0.717, 1.165) is 65.1 Å². The second-order valence-corrected chi connectivity index (χ2v) is 14.5. The third-order valence-electron chi connectivity index (χ3n) is 9.99. The van der Waals surface area contributed by atoms with E-state index in [1.54, 1.807) is 17.6 Å². The maximum Gasteiger partial charge on any atom is 0.338 e. The highest BCUT2D eigenvalue weighted by molar-refractivity contribution is 9.10. The number of benzene rings is 6. The van der Waals surface area contributed by atoms with Gasteiger partial charge in [0, 0.05) is 60.7 Å². The van der Waals surface area contributed by atoms with E-state index in [-0.39, 0.29) is 11.9 Å². The first-order valence-electron chi connectivity index (χ1n) is 18.8. The monoisotopic (exact) mass is 840 g/mol. The zero-order valence-corrected chi connectivity index (χ0v) is 33.9. The molecule has 0 saturated heterocycles. The van der Waals surface area contributed by atoms with Gasteiger partial charge in [-0.1, -0.05) is 107 Å². The first-order chi connectivity index (χ1) is 28.3. The van der Waals surface area contributed by atoms with Gasteiger partial charge >= 0.3 is 11.9 Å². The summed E-state index contributed by atoms with van der Waals surface area (Å²) in [6, 6.07) is 47.4. The quantitative estimate of drug-likeness (QED) is 0.0889. The maximum atomic E-state index is 11.8. The van der Waals surface area contributed by atoms with E-state index >= 15 is 0 Å². The Morgan fingerprint density at radius 3 is 1.41 bits per heavy atom. The number of carbonyl (C=O) groups is 3. The number of anilines is 2. The molecule has 58 heavy (non-hydrogen) atoms. The molecule has 0 saturated carbocycles. The number of para-hydroxylation sites is 2. The van der Waals surface area contributed by atoms with Crippen molar-refractivity contribution in [1.82, 2.24) is 10.8 Å². The van der Waals surface area contributed by atoms with Crippen molar-refractivity contribution in [3.8, 4) is 0 Å². The smallest absolute Gasteiger partial charge is 0.338 e. The van der Waals surface area contributed by atoms with E-state index in [4.69, 9.17) is 14.7 Å². The molecule has 0 spiro atoms. The van der Waals surface area contributed by atoms with Crippen molar-refractivity contribution in [3.05, 3.63) is 200 Å². The van der Waals surface area contributed by atoms with E-state index < -0.39 is 5.91 Å². The summed E-state index contributed by atoms with van der Waals surface area (Å²) in [6.45, 7) is 4.67. The predicted molar refractivity (Wildman–Crippen MR) is 229 cm³/mol. The Bertz CT molecular complexity index is 2210. The molecular formula is C47H45BrN4O6. The number of halogens is 1. The number of carbonyl (C=O) groups excluding carboxylic acids is 3. The van der Waals surface area contributed by atoms with Crippen molar-refractivity contribution in [2.45, 2.75) is 39.3 Å². The average Bonchev–Trinajstić information content (AvgIpc) is 4.06. The number of hydrogen-bond donors (Lipinski definition) is 3. The fourth-order valence-electron chi connectivity index (χ4n) is 7.11. The van der Waals surface area contributed by atoms with Gasteiger partial charge in [0.15, 0.2) is 0 Å². The van der Waals surface area contributed by atoms with Crippen molar-refractivity contribution in [2.75, 3.05) is 24.0 Å². The molecule has 0 unspecified atom stereocenters. The molecule has 6 aromatic rings. The minimum Gasteiger partial charge on any atom is -0.465 e. The van der Waals surface area contributed by atoms with Crippen molar-refractivity contribution >= 4 is 45.2 Å². The van der Waals surface area contributed by atoms with E-state index in [1.807, 2.05) is 103 Å². The molecule has 9 rings (SSSR count). The van der Waals surface area contributed by atoms with Gasteiger partial charge in [-0.25, -0.2) is 15.1 Å². The highest BCUT2D eigenvalue weighted by Crippen LogP contribution is 2.32. The highest BCUT2D eigenvalue weighted by atomic mass is 79.9. The summed E-state index contributed by atoms with van der Waals surface area (Å²) in [5, 5.41) is 12.0. The second-order valence-electron chi connectivity index (χ2n) is 13.5. The molecule has 3 aliphatic rings.